The second kappa shape index (κ2) is 14.7. The summed E-state index contributed by atoms with van der Waals surface area (Å²) in [6, 6.07) is 24.4. The van der Waals surface area contributed by atoms with Crippen LogP contribution in [-0.4, -0.2) is 24.3 Å². The molecular weight excluding hydrogens is 542 g/mol. The van der Waals surface area contributed by atoms with Gasteiger partial charge >= 0.3 is 0 Å². The Morgan fingerprint density at radius 2 is 1.56 bits per heavy atom. The van der Waals surface area contributed by atoms with Gasteiger partial charge in [0.05, 0.1) is 19.4 Å². The van der Waals surface area contributed by atoms with E-state index in [1.807, 2.05) is 62.4 Å². The van der Waals surface area contributed by atoms with Gasteiger partial charge in [-0.3, -0.25) is 19.3 Å². The van der Waals surface area contributed by atoms with Crippen molar-refractivity contribution in [3.05, 3.63) is 126 Å². The van der Waals surface area contributed by atoms with Crippen molar-refractivity contribution in [1.29, 1.82) is 0 Å². The van der Waals surface area contributed by atoms with Crippen molar-refractivity contribution in [2.24, 2.45) is 0 Å². The lowest BCUT2D eigenvalue weighted by atomic mass is 9.99. The fraction of sp³-hybridized carbons (Fsp3) is 0.229. The third-order valence-corrected chi connectivity index (χ3v) is 6.80. The van der Waals surface area contributed by atoms with Crippen LogP contribution in [0.5, 0.6) is 5.75 Å². The molecule has 0 spiro atoms. The minimum Gasteiger partial charge on any atom is -0.494 e. The molecule has 0 saturated carbocycles. The molecule has 0 aliphatic rings. The van der Waals surface area contributed by atoms with Gasteiger partial charge in [-0.15, -0.1) is 0 Å². The Balaban J connectivity index is 1.65. The number of nitrogens with one attached hydrogen (secondary N) is 2. The van der Waals surface area contributed by atoms with Gasteiger partial charge in [-0.25, -0.2) is 0 Å². The van der Waals surface area contributed by atoms with Gasteiger partial charge < -0.3 is 19.8 Å². The maximum Gasteiger partial charge on any atom is 0.252 e. The number of carbonyl (C=O) groups excluding carboxylic acids is 3. The number of hydrogen-bond acceptors (Lipinski definition) is 5. The van der Waals surface area contributed by atoms with E-state index in [-0.39, 0.29) is 12.5 Å². The molecule has 8 nitrogen and oxygen atoms in total. The van der Waals surface area contributed by atoms with E-state index in [0.29, 0.717) is 35.1 Å². The predicted octanol–water partition coefficient (Wildman–Crippen LogP) is 6.70. The fourth-order valence-corrected chi connectivity index (χ4v) is 4.49. The summed E-state index contributed by atoms with van der Waals surface area (Å²) in [6.45, 7) is 8.71. The van der Waals surface area contributed by atoms with Gasteiger partial charge in [0.2, 0.25) is 11.8 Å². The van der Waals surface area contributed by atoms with E-state index in [4.69, 9.17) is 9.15 Å². The van der Waals surface area contributed by atoms with Crippen LogP contribution in [0.15, 0.2) is 108 Å². The van der Waals surface area contributed by atoms with E-state index in [2.05, 4.69) is 24.5 Å². The highest BCUT2D eigenvalue weighted by molar-refractivity contribution is 6.10. The third-order valence-electron chi connectivity index (χ3n) is 6.80. The molecule has 4 rings (SSSR count). The summed E-state index contributed by atoms with van der Waals surface area (Å²) in [6.07, 6.45) is 3.89. The van der Waals surface area contributed by atoms with E-state index < -0.39 is 23.8 Å². The molecule has 1 atom stereocenters. The van der Waals surface area contributed by atoms with Crippen LogP contribution < -0.4 is 20.3 Å². The lowest BCUT2D eigenvalue weighted by molar-refractivity contribution is -0.125. The number of aryl methyl sites for hydroxylation is 1. The summed E-state index contributed by atoms with van der Waals surface area (Å²) in [5.74, 6) is 0.154. The Morgan fingerprint density at radius 3 is 2.16 bits per heavy atom. The van der Waals surface area contributed by atoms with Gasteiger partial charge in [-0.05, 0) is 79.4 Å². The first-order valence-electron chi connectivity index (χ1n) is 14.3. The first kappa shape index (κ1) is 30.8. The Hall–Kier alpha value is -5.11. The van der Waals surface area contributed by atoms with Crippen LogP contribution in [0.2, 0.25) is 0 Å². The average Bonchev–Trinajstić information content (AvgIpc) is 3.53. The number of ether oxygens (including phenoxy) is 1. The molecule has 3 aromatic carbocycles. The third kappa shape index (κ3) is 8.45. The monoisotopic (exact) mass is 579 g/mol. The van der Waals surface area contributed by atoms with Crippen LogP contribution in [0.3, 0.4) is 0 Å². The molecule has 1 unspecified atom stereocenters. The first-order chi connectivity index (χ1) is 20.7. The standard InChI is InChI=1S/C35H37N3O5/c1-5-42-30-18-14-28(15-19-30)37-32(39)20-21-33(40)38(29-16-12-26(13-17-29)24(2)3)34(27-10-8-25(4)9-11-27)35(41)36-23-31-7-6-22-43-31/h6-22,24,34H,5,23H2,1-4H3,(H,36,41)(H,37,39)/b21-20-. The maximum absolute atomic E-state index is 13.9. The highest BCUT2D eigenvalue weighted by atomic mass is 16.5. The number of benzene rings is 3. The summed E-state index contributed by atoms with van der Waals surface area (Å²) in [4.78, 5) is 41.9. The Labute approximate surface area is 252 Å². The molecule has 1 heterocycles. The van der Waals surface area contributed by atoms with Gasteiger partial charge in [0.1, 0.15) is 17.6 Å². The van der Waals surface area contributed by atoms with Crippen LogP contribution in [0.25, 0.3) is 0 Å². The van der Waals surface area contributed by atoms with E-state index in [9.17, 15) is 14.4 Å². The number of hydrogen-bond donors (Lipinski definition) is 2. The van der Waals surface area contributed by atoms with Crippen LogP contribution in [-0.2, 0) is 20.9 Å². The van der Waals surface area contributed by atoms with E-state index in [0.717, 1.165) is 11.1 Å². The summed E-state index contributed by atoms with van der Waals surface area (Å²) in [7, 11) is 0. The first-order valence-corrected chi connectivity index (χ1v) is 14.3. The molecule has 0 saturated heterocycles. The number of anilines is 2. The smallest absolute Gasteiger partial charge is 0.252 e. The Bertz CT molecular complexity index is 1520. The lowest BCUT2D eigenvalue weighted by Gasteiger charge is -2.31. The van der Waals surface area contributed by atoms with Crippen LogP contribution >= 0.6 is 0 Å². The molecule has 43 heavy (non-hydrogen) atoms. The molecule has 0 radical (unpaired) electrons. The van der Waals surface area contributed by atoms with Gasteiger partial charge in [0, 0.05) is 23.5 Å². The topological polar surface area (TPSA) is 101 Å². The zero-order valence-corrected chi connectivity index (χ0v) is 24.9. The molecule has 222 valence electrons. The normalized spacial score (nSPS) is 11.7. The van der Waals surface area contributed by atoms with Crippen LogP contribution in [0, 0.1) is 6.92 Å². The fourth-order valence-electron chi connectivity index (χ4n) is 4.49. The highest BCUT2D eigenvalue weighted by Crippen LogP contribution is 2.30. The zero-order valence-electron chi connectivity index (χ0n) is 24.9. The summed E-state index contributed by atoms with van der Waals surface area (Å²) >= 11 is 0. The van der Waals surface area contributed by atoms with Crippen molar-refractivity contribution >= 4 is 29.1 Å². The number of furan rings is 1. The highest BCUT2D eigenvalue weighted by Gasteiger charge is 2.32. The van der Waals surface area contributed by atoms with E-state index in [1.54, 1.807) is 36.4 Å². The molecule has 3 amide bonds. The largest absolute Gasteiger partial charge is 0.494 e. The van der Waals surface area contributed by atoms with Crippen molar-refractivity contribution in [2.45, 2.75) is 46.2 Å². The van der Waals surface area contributed by atoms with Gasteiger partial charge in [-0.2, -0.15) is 0 Å². The number of nitrogens with zero attached hydrogens (tertiary/aromatic N) is 1. The second-order valence-electron chi connectivity index (χ2n) is 10.3. The SMILES string of the molecule is CCOc1ccc(NC(=O)/C=C\C(=O)N(c2ccc(C(C)C)cc2)C(C(=O)NCc2ccco2)c2ccc(C)cc2)cc1. The van der Waals surface area contributed by atoms with Gasteiger partial charge in [0.15, 0.2) is 0 Å². The Morgan fingerprint density at radius 1 is 0.884 bits per heavy atom. The minimum absolute atomic E-state index is 0.156. The Kier molecular flexibility index (Phi) is 10.5. The lowest BCUT2D eigenvalue weighted by Crippen LogP contribution is -2.43. The molecule has 0 aliphatic heterocycles. The van der Waals surface area contributed by atoms with Crippen molar-refractivity contribution in [3.63, 3.8) is 0 Å². The number of carbonyl (C=O) groups is 3. The summed E-state index contributed by atoms with van der Waals surface area (Å²) in [5, 5.41) is 5.65. The van der Waals surface area contributed by atoms with Crippen molar-refractivity contribution in [2.75, 3.05) is 16.8 Å². The minimum atomic E-state index is -1.02. The van der Waals surface area contributed by atoms with E-state index in [1.165, 1.54) is 23.3 Å². The van der Waals surface area contributed by atoms with Crippen molar-refractivity contribution in [3.8, 4) is 5.75 Å². The predicted molar refractivity (Wildman–Crippen MR) is 168 cm³/mol. The zero-order chi connectivity index (χ0) is 30.8. The van der Waals surface area contributed by atoms with Crippen LogP contribution in [0.1, 0.15) is 55.2 Å². The molecule has 0 aliphatic carbocycles. The number of rotatable bonds is 12. The quantitative estimate of drug-likeness (QED) is 0.182. The molecule has 0 fully saturated rings. The molecular formula is C35H37N3O5. The van der Waals surface area contributed by atoms with Crippen molar-refractivity contribution in [1.82, 2.24) is 5.32 Å². The molecule has 4 aromatic rings. The molecule has 2 N–H and O–H groups in total. The summed E-state index contributed by atoms with van der Waals surface area (Å²) < 4.78 is 10.8. The number of amides is 3. The summed E-state index contributed by atoms with van der Waals surface area (Å²) in [5.41, 5.74) is 3.81. The molecule has 0 bridgehead atoms. The molecule has 8 heteroatoms. The second-order valence-corrected chi connectivity index (χ2v) is 10.3. The van der Waals surface area contributed by atoms with Crippen molar-refractivity contribution < 1.29 is 23.5 Å². The van der Waals surface area contributed by atoms with Crippen LogP contribution in [0.4, 0.5) is 11.4 Å². The van der Waals surface area contributed by atoms with Gasteiger partial charge in [-0.1, -0.05) is 55.8 Å². The van der Waals surface area contributed by atoms with E-state index >= 15 is 0 Å². The maximum atomic E-state index is 13.9. The van der Waals surface area contributed by atoms with Gasteiger partial charge in [0.25, 0.3) is 5.91 Å². The molecule has 1 aromatic heterocycles. The average molecular weight is 580 g/mol.